The van der Waals surface area contributed by atoms with Gasteiger partial charge in [0.05, 0.1) is 47.7 Å². The van der Waals surface area contributed by atoms with Gasteiger partial charge in [0.2, 0.25) is 11.8 Å². The number of amides is 2. The minimum Gasteiger partial charge on any atom is -0.489 e. The molecule has 3 aliphatic rings. The van der Waals surface area contributed by atoms with E-state index >= 15 is 0 Å². The summed E-state index contributed by atoms with van der Waals surface area (Å²) in [5.41, 5.74) is 7.38. The average molecular weight is 761 g/mol. The molecule has 0 bridgehead atoms. The van der Waals surface area contributed by atoms with Crippen LogP contribution in [0.15, 0.2) is 54.6 Å². The Balaban J connectivity index is 1.18. The normalized spacial score (nSPS) is 19.3. The number of aromatic amines is 2. The van der Waals surface area contributed by atoms with E-state index in [0.717, 1.165) is 94.7 Å². The van der Waals surface area contributed by atoms with Crippen molar-refractivity contribution in [2.75, 3.05) is 20.3 Å². The first kappa shape index (κ1) is 39.5. The van der Waals surface area contributed by atoms with Crippen molar-refractivity contribution in [3.63, 3.8) is 0 Å². The van der Waals surface area contributed by atoms with Gasteiger partial charge in [0.1, 0.15) is 24.0 Å². The number of benzene rings is 2. The molecule has 2 N–H and O–H groups in total. The maximum atomic E-state index is 13.3. The van der Waals surface area contributed by atoms with Crippen LogP contribution in [0.25, 0.3) is 27.4 Å². The Bertz CT molecular complexity index is 2170. The molecular formula is C46H60N6O4. The second-order valence-corrected chi connectivity index (χ2v) is 16.4. The summed E-state index contributed by atoms with van der Waals surface area (Å²) in [6.45, 7) is 18.0. The number of rotatable bonds is 17. The van der Waals surface area contributed by atoms with E-state index in [2.05, 4.69) is 87.6 Å². The first-order valence-corrected chi connectivity index (χ1v) is 20.8. The van der Waals surface area contributed by atoms with Crippen molar-refractivity contribution in [2.45, 2.75) is 135 Å². The van der Waals surface area contributed by atoms with Crippen molar-refractivity contribution < 1.29 is 19.1 Å². The number of aromatic nitrogens is 4. The van der Waals surface area contributed by atoms with E-state index in [1.54, 1.807) is 7.11 Å². The molecule has 1 saturated carbocycles. The Morgan fingerprint density at radius 1 is 1.09 bits per heavy atom. The van der Waals surface area contributed by atoms with Crippen LogP contribution >= 0.6 is 0 Å². The number of H-pyrrole nitrogens is 2. The molecule has 0 spiro atoms. The fraction of sp³-hybridized carbons (Fsp3) is 0.522. The summed E-state index contributed by atoms with van der Waals surface area (Å²) in [7, 11) is 1.67. The lowest BCUT2D eigenvalue weighted by molar-refractivity contribution is -0.136. The molecule has 0 radical (unpaired) electrons. The van der Waals surface area contributed by atoms with Gasteiger partial charge in [-0.15, -0.1) is 6.58 Å². The first-order valence-electron chi connectivity index (χ1n) is 20.8. The Morgan fingerprint density at radius 2 is 1.86 bits per heavy atom. The number of hydrogen-bond acceptors (Lipinski definition) is 6. The molecule has 10 heteroatoms. The van der Waals surface area contributed by atoms with Crippen molar-refractivity contribution >= 4 is 39.2 Å². The fourth-order valence-electron chi connectivity index (χ4n) is 8.77. The number of nitrogens with one attached hydrogen (secondary N) is 2. The Labute approximate surface area is 331 Å². The van der Waals surface area contributed by atoms with Crippen LogP contribution in [0.2, 0.25) is 0 Å². The molecule has 10 nitrogen and oxygen atoms in total. The van der Waals surface area contributed by atoms with Gasteiger partial charge in [-0.25, -0.2) is 9.97 Å². The van der Waals surface area contributed by atoms with Crippen LogP contribution < -0.4 is 4.74 Å². The average Bonchev–Trinajstić information content (AvgIpc) is 3.79. The quantitative estimate of drug-likeness (QED) is 0.104. The van der Waals surface area contributed by atoms with E-state index < -0.39 is 0 Å². The number of methoxy groups -OCH3 is 1. The summed E-state index contributed by atoms with van der Waals surface area (Å²) < 4.78 is 12.1. The molecule has 298 valence electrons. The summed E-state index contributed by atoms with van der Waals surface area (Å²) >= 11 is 0. The number of nitrogens with zero attached hydrogens (tertiary/aromatic N) is 4. The highest BCUT2D eigenvalue weighted by Crippen LogP contribution is 2.51. The van der Waals surface area contributed by atoms with Gasteiger partial charge in [0, 0.05) is 48.3 Å². The van der Waals surface area contributed by atoms with Crippen molar-refractivity contribution in [3.05, 3.63) is 83.2 Å². The summed E-state index contributed by atoms with van der Waals surface area (Å²) in [5, 5.41) is 2.16. The van der Waals surface area contributed by atoms with Gasteiger partial charge < -0.3 is 29.2 Å². The molecule has 4 atom stereocenters. The summed E-state index contributed by atoms with van der Waals surface area (Å²) in [6.07, 6.45) is 13.8. The zero-order valence-electron chi connectivity index (χ0n) is 34.5. The molecule has 3 heterocycles. The highest BCUT2D eigenvalue weighted by atomic mass is 16.5. The second-order valence-electron chi connectivity index (χ2n) is 16.4. The summed E-state index contributed by atoms with van der Waals surface area (Å²) in [4.78, 5) is 48.0. The smallest absolute Gasteiger partial charge is 0.223 e. The van der Waals surface area contributed by atoms with Crippen LogP contribution in [0.4, 0.5) is 0 Å². The number of allylic oxidation sites excluding steroid dienone is 3. The van der Waals surface area contributed by atoms with Gasteiger partial charge in [-0.2, -0.15) is 0 Å². The van der Waals surface area contributed by atoms with Gasteiger partial charge in [-0.05, 0) is 99.6 Å². The zero-order valence-corrected chi connectivity index (χ0v) is 34.5. The molecule has 2 amide bonds. The molecule has 4 aromatic rings. The second kappa shape index (κ2) is 16.4. The predicted molar refractivity (Wildman–Crippen MR) is 224 cm³/mol. The molecule has 1 aliphatic heterocycles. The van der Waals surface area contributed by atoms with Gasteiger partial charge in [0.25, 0.3) is 0 Å². The number of ether oxygens (including phenoxy) is 2. The molecule has 56 heavy (non-hydrogen) atoms. The topological polar surface area (TPSA) is 116 Å². The molecular weight excluding hydrogens is 701 g/mol. The third-order valence-corrected chi connectivity index (χ3v) is 12.3. The highest BCUT2D eigenvalue weighted by Gasteiger charge is 2.41. The van der Waals surface area contributed by atoms with Crippen molar-refractivity contribution in [3.8, 4) is 5.75 Å². The van der Waals surface area contributed by atoms with Gasteiger partial charge in [-0.3, -0.25) is 9.59 Å². The van der Waals surface area contributed by atoms with Crippen molar-refractivity contribution in [2.24, 2.45) is 0 Å². The highest BCUT2D eigenvalue weighted by molar-refractivity contribution is 6.05. The maximum Gasteiger partial charge on any atom is 0.223 e. The molecule has 0 saturated heterocycles. The van der Waals surface area contributed by atoms with E-state index in [1.807, 2.05) is 22.8 Å². The molecule has 2 aromatic heterocycles. The van der Waals surface area contributed by atoms with E-state index in [-0.39, 0.29) is 35.4 Å². The fourth-order valence-corrected chi connectivity index (χ4v) is 8.77. The number of fused-ring (bicyclic) bond motifs is 6. The van der Waals surface area contributed by atoms with Crippen LogP contribution in [-0.4, -0.2) is 74.0 Å². The van der Waals surface area contributed by atoms with Crippen molar-refractivity contribution in [1.29, 1.82) is 0 Å². The lowest BCUT2D eigenvalue weighted by Gasteiger charge is -2.40. The third kappa shape index (κ3) is 7.44. The summed E-state index contributed by atoms with van der Waals surface area (Å²) in [5.74, 6) is 3.23. The summed E-state index contributed by atoms with van der Waals surface area (Å²) in [6, 6.07) is 8.54. The van der Waals surface area contributed by atoms with Gasteiger partial charge in [-0.1, -0.05) is 45.9 Å². The van der Waals surface area contributed by atoms with Crippen LogP contribution in [0.5, 0.6) is 5.75 Å². The van der Waals surface area contributed by atoms with Crippen LogP contribution in [0.3, 0.4) is 0 Å². The minimum atomic E-state index is -0.225. The number of hydrogen-bond donors (Lipinski definition) is 2. The molecule has 1 unspecified atom stereocenters. The van der Waals surface area contributed by atoms with Crippen molar-refractivity contribution in [1.82, 2.24) is 29.7 Å². The SMILES string of the molecule is C=CC[C@H](COC)N(Cc1nc2ccc3cc4c(cc3c2[nH]1)OCC1=CC(c2[nH]c([C@H](C)N(C(=O)CCC)[C@@H](C)CC)nc2C2CC2)=CCC14C)C(=O)CCC. The largest absolute Gasteiger partial charge is 0.489 e. The van der Waals surface area contributed by atoms with Gasteiger partial charge >= 0.3 is 0 Å². The molecule has 1 fully saturated rings. The van der Waals surface area contributed by atoms with Gasteiger partial charge in [0.15, 0.2) is 0 Å². The lowest BCUT2D eigenvalue weighted by atomic mass is 9.68. The predicted octanol–water partition coefficient (Wildman–Crippen LogP) is 9.59. The molecule has 2 aliphatic carbocycles. The molecule has 7 rings (SSSR count). The molecule has 2 aromatic carbocycles. The Kier molecular flexibility index (Phi) is 11.6. The standard InChI is InChI=1S/C46H60N6O4/c1-9-13-34(27-55-8)51(40(53)14-10-2)25-39-47-37-19-18-31-23-36-38(24-35(31)44(37)48-39)56-26-33-22-32(20-21-46(33,36)7)43-42(30-16-17-30)49-45(50-43)29(6)52(28(5)12-4)41(54)15-11-3/h9,18-20,22-24,28-30,34H,1,10-17,21,25-27H2,2-8H3,(H,47,48)(H,49,50)/t28-,29-,34+,46?/m0/s1. The minimum absolute atomic E-state index is 0.0874. The first-order chi connectivity index (χ1) is 27.0. The third-order valence-electron chi connectivity index (χ3n) is 12.3. The number of carbonyl (C=O) groups is 2. The monoisotopic (exact) mass is 760 g/mol. The van der Waals surface area contributed by atoms with E-state index in [9.17, 15) is 9.59 Å². The Morgan fingerprint density at radius 3 is 2.55 bits per heavy atom. The number of imidazole rings is 2. The number of carbonyl (C=O) groups excluding carboxylic acids is 2. The van der Waals surface area contributed by atoms with E-state index in [4.69, 9.17) is 19.4 Å². The van der Waals surface area contributed by atoms with Crippen LogP contribution in [0, 0.1) is 0 Å². The Hall–Kier alpha value is -4.70. The van der Waals surface area contributed by atoms with E-state index in [1.165, 1.54) is 11.1 Å². The lowest BCUT2D eigenvalue weighted by Crippen LogP contribution is -2.42. The zero-order chi connectivity index (χ0) is 39.7. The van der Waals surface area contributed by atoms with Crippen LogP contribution in [-0.2, 0) is 26.3 Å². The van der Waals surface area contributed by atoms with Crippen LogP contribution in [0.1, 0.15) is 140 Å². The maximum absolute atomic E-state index is 13.3. The van der Waals surface area contributed by atoms with E-state index in [0.29, 0.717) is 44.9 Å².